The van der Waals surface area contributed by atoms with Crippen molar-refractivity contribution in [3.8, 4) is 5.75 Å². The lowest BCUT2D eigenvalue weighted by Crippen LogP contribution is -2.26. The van der Waals surface area contributed by atoms with E-state index >= 15 is 0 Å². The number of amides is 1. The quantitative estimate of drug-likeness (QED) is 0.830. The summed E-state index contributed by atoms with van der Waals surface area (Å²) in [6, 6.07) is 7.46. The summed E-state index contributed by atoms with van der Waals surface area (Å²) >= 11 is 0. The van der Waals surface area contributed by atoms with E-state index in [1.807, 2.05) is 49.0 Å². The van der Waals surface area contributed by atoms with Crippen molar-refractivity contribution in [2.24, 2.45) is 0 Å². The van der Waals surface area contributed by atoms with Gasteiger partial charge in [-0.05, 0) is 38.5 Å². The second-order valence-electron chi connectivity index (χ2n) is 4.96. The molecule has 0 aliphatic carbocycles. The van der Waals surface area contributed by atoms with Crippen molar-refractivity contribution in [1.82, 2.24) is 15.1 Å². The zero-order chi connectivity index (χ0) is 15.2. The number of hydrogen-bond acceptors (Lipinski definition) is 3. The topological polar surface area (TPSA) is 56.1 Å². The van der Waals surface area contributed by atoms with Crippen molar-refractivity contribution in [2.75, 3.05) is 13.7 Å². The van der Waals surface area contributed by atoms with Crippen LogP contribution in [0.5, 0.6) is 5.75 Å². The Morgan fingerprint density at radius 2 is 2.14 bits per heavy atom. The standard InChI is InChI=1S/C16H21N3O2/c1-12-8-11-19(18-12)10-5-9-17-16(20)14-6-4-7-15(21-3)13(14)2/h4,6-8,11H,5,9-10H2,1-3H3,(H,17,20). The normalized spacial score (nSPS) is 10.4. The van der Waals surface area contributed by atoms with Gasteiger partial charge in [0.2, 0.25) is 0 Å². The third-order valence-electron chi connectivity index (χ3n) is 3.37. The predicted molar refractivity (Wildman–Crippen MR) is 81.6 cm³/mol. The maximum absolute atomic E-state index is 12.2. The summed E-state index contributed by atoms with van der Waals surface area (Å²) in [5, 5.41) is 7.24. The van der Waals surface area contributed by atoms with Crippen molar-refractivity contribution in [1.29, 1.82) is 0 Å². The molecule has 0 saturated carbocycles. The molecule has 0 saturated heterocycles. The van der Waals surface area contributed by atoms with Gasteiger partial charge in [-0.3, -0.25) is 9.48 Å². The van der Waals surface area contributed by atoms with Gasteiger partial charge in [0, 0.05) is 30.4 Å². The van der Waals surface area contributed by atoms with Crippen LogP contribution in [0.3, 0.4) is 0 Å². The van der Waals surface area contributed by atoms with Crippen LogP contribution in [0, 0.1) is 13.8 Å². The van der Waals surface area contributed by atoms with Crippen LogP contribution in [-0.2, 0) is 6.54 Å². The van der Waals surface area contributed by atoms with Gasteiger partial charge in [-0.15, -0.1) is 0 Å². The highest BCUT2D eigenvalue weighted by Crippen LogP contribution is 2.20. The van der Waals surface area contributed by atoms with Crippen molar-refractivity contribution in [3.05, 3.63) is 47.3 Å². The third kappa shape index (κ3) is 3.84. The van der Waals surface area contributed by atoms with Gasteiger partial charge < -0.3 is 10.1 Å². The molecule has 0 fully saturated rings. The van der Waals surface area contributed by atoms with Gasteiger partial charge in [0.1, 0.15) is 5.75 Å². The molecule has 5 heteroatoms. The summed E-state index contributed by atoms with van der Waals surface area (Å²) in [4.78, 5) is 12.2. The minimum Gasteiger partial charge on any atom is -0.496 e. The van der Waals surface area contributed by atoms with E-state index in [0.29, 0.717) is 12.1 Å². The maximum Gasteiger partial charge on any atom is 0.251 e. The Morgan fingerprint density at radius 1 is 1.33 bits per heavy atom. The maximum atomic E-state index is 12.2. The molecule has 0 unspecified atom stereocenters. The third-order valence-corrected chi connectivity index (χ3v) is 3.37. The molecule has 0 radical (unpaired) electrons. The number of benzene rings is 1. The van der Waals surface area contributed by atoms with Gasteiger partial charge >= 0.3 is 0 Å². The highest BCUT2D eigenvalue weighted by molar-refractivity contribution is 5.96. The summed E-state index contributed by atoms with van der Waals surface area (Å²) in [7, 11) is 1.61. The number of ether oxygens (including phenoxy) is 1. The summed E-state index contributed by atoms with van der Waals surface area (Å²) < 4.78 is 7.12. The minimum absolute atomic E-state index is 0.0666. The molecule has 1 aromatic heterocycles. The molecule has 0 aliphatic rings. The molecule has 112 valence electrons. The fourth-order valence-electron chi connectivity index (χ4n) is 2.21. The van der Waals surface area contributed by atoms with E-state index in [4.69, 9.17) is 4.74 Å². The van der Waals surface area contributed by atoms with E-state index in [1.54, 1.807) is 7.11 Å². The van der Waals surface area contributed by atoms with Gasteiger partial charge in [0.15, 0.2) is 0 Å². The van der Waals surface area contributed by atoms with Gasteiger partial charge in [-0.25, -0.2) is 0 Å². The molecule has 21 heavy (non-hydrogen) atoms. The number of carbonyl (C=O) groups is 1. The van der Waals surface area contributed by atoms with Crippen molar-refractivity contribution >= 4 is 5.91 Å². The predicted octanol–water partition coefficient (Wildman–Crippen LogP) is 2.33. The molecule has 1 N–H and O–H groups in total. The Balaban J connectivity index is 1.84. The number of nitrogens with zero attached hydrogens (tertiary/aromatic N) is 2. The average molecular weight is 287 g/mol. The van der Waals surface area contributed by atoms with Crippen LogP contribution in [0.4, 0.5) is 0 Å². The number of rotatable bonds is 6. The summed E-state index contributed by atoms with van der Waals surface area (Å²) in [5.41, 5.74) is 2.52. The smallest absolute Gasteiger partial charge is 0.251 e. The molecular formula is C16H21N3O2. The van der Waals surface area contributed by atoms with E-state index in [9.17, 15) is 4.79 Å². The van der Waals surface area contributed by atoms with Crippen LogP contribution in [0.25, 0.3) is 0 Å². The molecule has 0 bridgehead atoms. The molecule has 1 heterocycles. The molecule has 2 aromatic rings. The van der Waals surface area contributed by atoms with Gasteiger partial charge in [-0.2, -0.15) is 5.10 Å². The van der Waals surface area contributed by atoms with Gasteiger partial charge in [0.05, 0.1) is 12.8 Å². The van der Waals surface area contributed by atoms with Crippen molar-refractivity contribution in [2.45, 2.75) is 26.8 Å². The van der Waals surface area contributed by atoms with Crippen molar-refractivity contribution in [3.63, 3.8) is 0 Å². The first kappa shape index (κ1) is 15.1. The molecule has 0 aliphatic heterocycles. The first-order chi connectivity index (χ1) is 10.1. The van der Waals surface area contributed by atoms with Crippen LogP contribution in [0.15, 0.2) is 30.5 Å². The number of aryl methyl sites for hydroxylation is 2. The van der Waals surface area contributed by atoms with E-state index in [0.717, 1.165) is 30.0 Å². The molecule has 5 nitrogen and oxygen atoms in total. The molecule has 0 spiro atoms. The Hall–Kier alpha value is -2.30. The molecular weight excluding hydrogens is 266 g/mol. The zero-order valence-corrected chi connectivity index (χ0v) is 12.7. The van der Waals surface area contributed by atoms with Crippen LogP contribution < -0.4 is 10.1 Å². The van der Waals surface area contributed by atoms with E-state index in [1.165, 1.54) is 0 Å². The molecule has 0 atom stereocenters. The SMILES string of the molecule is COc1cccc(C(=O)NCCCn2ccc(C)n2)c1C. The van der Waals surface area contributed by atoms with Crippen LogP contribution in [-0.4, -0.2) is 29.3 Å². The van der Waals surface area contributed by atoms with Crippen molar-refractivity contribution < 1.29 is 9.53 Å². The lowest BCUT2D eigenvalue weighted by atomic mass is 10.1. The Kier molecular flexibility index (Phi) is 4.98. The number of nitrogens with one attached hydrogen (secondary N) is 1. The van der Waals surface area contributed by atoms with Gasteiger partial charge in [-0.1, -0.05) is 6.07 Å². The average Bonchev–Trinajstić information content (AvgIpc) is 2.89. The second-order valence-corrected chi connectivity index (χ2v) is 4.96. The van der Waals surface area contributed by atoms with Crippen LogP contribution >= 0.6 is 0 Å². The summed E-state index contributed by atoms with van der Waals surface area (Å²) in [5.74, 6) is 0.665. The summed E-state index contributed by atoms with van der Waals surface area (Å²) in [6.07, 6.45) is 2.79. The zero-order valence-electron chi connectivity index (χ0n) is 12.7. The van der Waals surface area contributed by atoms with Crippen LogP contribution in [0.2, 0.25) is 0 Å². The molecule has 2 rings (SSSR count). The first-order valence-electron chi connectivity index (χ1n) is 7.03. The fraction of sp³-hybridized carbons (Fsp3) is 0.375. The number of carbonyl (C=O) groups excluding carboxylic acids is 1. The summed E-state index contributed by atoms with van der Waals surface area (Å²) in [6.45, 7) is 5.27. The van der Waals surface area contributed by atoms with E-state index in [2.05, 4.69) is 10.4 Å². The van der Waals surface area contributed by atoms with Gasteiger partial charge in [0.25, 0.3) is 5.91 Å². The second kappa shape index (κ2) is 6.92. The lowest BCUT2D eigenvalue weighted by molar-refractivity contribution is 0.0951. The Bertz CT molecular complexity index is 620. The Labute approximate surface area is 124 Å². The first-order valence-corrected chi connectivity index (χ1v) is 7.03. The van der Waals surface area contributed by atoms with Crippen LogP contribution in [0.1, 0.15) is 28.0 Å². The Morgan fingerprint density at radius 3 is 2.81 bits per heavy atom. The highest BCUT2D eigenvalue weighted by atomic mass is 16.5. The lowest BCUT2D eigenvalue weighted by Gasteiger charge is -2.10. The highest BCUT2D eigenvalue weighted by Gasteiger charge is 2.11. The monoisotopic (exact) mass is 287 g/mol. The van der Waals surface area contributed by atoms with E-state index < -0.39 is 0 Å². The number of methoxy groups -OCH3 is 1. The van der Waals surface area contributed by atoms with E-state index in [-0.39, 0.29) is 5.91 Å². The molecule has 1 amide bonds. The molecule has 1 aromatic carbocycles. The fourth-order valence-corrected chi connectivity index (χ4v) is 2.21. The minimum atomic E-state index is -0.0666. The largest absolute Gasteiger partial charge is 0.496 e. The number of aromatic nitrogens is 2. The number of hydrogen-bond donors (Lipinski definition) is 1.